The number of rotatable bonds is 6. The van der Waals surface area contributed by atoms with E-state index in [9.17, 15) is 14.4 Å². The van der Waals surface area contributed by atoms with E-state index < -0.39 is 5.97 Å². The van der Waals surface area contributed by atoms with Crippen LogP contribution in [0, 0.1) is 0 Å². The summed E-state index contributed by atoms with van der Waals surface area (Å²) in [6.45, 7) is 0.185. The van der Waals surface area contributed by atoms with Gasteiger partial charge in [-0.15, -0.1) is 11.3 Å². The number of hydrogen-bond acceptors (Lipinski definition) is 7. The zero-order valence-corrected chi connectivity index (χ0v) is 20.0. The maximum absolute atomic E-state index is 12.8. The van der Waals surface area contributed by atoms with E-state index in [-0.39, 0.29) is 23.4 Å². The summed E-state index contributed by atoms with van der Waals surface area (Å²) in [6.07, 6.45) is 1.62. The number of hydrogen-bond donors (Lipinski definition) is 0. The molecule has 2 amide bonds. The van der Waals surface area contributed by atoms with Crippen molar-refractivity contribution in [2.75, 3.05) is 7.11 Å². The molecule has 1 aliphatic rings. The molecule has 3 aromatic rings. The number of nitrogens with zero attached hydrogens (tertiary/aromatic N) is 1. The van der Waals surface area contributed by atoms with Crippen molar-refractivity contribution in [3.63, 3.8) is 0 Å². The summed E-state index contributed by atoms with van der Waals surface area (Å²) in [7, 11) is 1.47. The Morgan fingerprint density at radius 2 is 1.91 bits per heavy atom. The van der Waals surface area contributed by atoms with E-state index in [1.54, 1.807) is 41.8 Å². The van der Waals surface area contributed by atoms with Gasteiger partial charge in [-0.05, 0) is 58.6 Å². The number of thioether (sulfide) groups is 1. The zero-order valence-electron chi connectivity index (χ0n) is 16.7. The van der Waals surface area contributed by atoms with Gasteiger partial charge in [0.05, 0.1) is 18.6 Å². The van der Waals surface area contributed by atoms with E-state index in [0.29, 0.717) is 21.1 Å². The van der Waals surface area contributed by atoms with Gasteiger partial charge in [-0.1, -0.05) is 46.3 Å². The van der Waals surface area contributed by atoms with Gasteiger partial charge in [-0.2, -0.15) is 0 Å². The molecule has 2 heterocycles. The number of ether oxygens (including phenoxy) is 2. The minimum atomic E-state index is -0.473. The topological polar surface area (TPSA) is 72.9 Å². The standard InChI is InChI=1S/C23H16BrNO5S2/c1-29-18-11-14(8-9-17(18)30-22(27)19-7-4-10-31-19)12-20-21(26)25(23(28)32-20)13-15-5-2-3-6-16(15)24/h2-12H,13H2,1H3/b20-12-. The van der Waals surface area contributed by atoms with Crippen molar-refractivity contribution in [1.29, 1.82) is 0 Å². The quantitative estimate of drug-likeness (QED) is 0.222. The molecule has 1 fully saturated rings. The second-order valence-electron chi connectivity index (χ2n) is 6.64. The van der Waals surface area contributed by atoms with Crippen LogP contribution in [0.1, 0.15) is 20.8 Å². The van der Waals surface area contributed by atoms with Gasteiger partial charge in [-0.25, -0.2) is 4.79 Å². The van der Waals surface area contributed by atoms with Gasteiger partial charge in [-0.3, -0.25) is 14.5 Å². The Bertz CT molecular complexity index is 1220. The van der Waals surface area contributed by atoms with E-state index in [4.69, 9.17) is 9.47 Å². The van der Waals surface area contributed by atoms with Crippen LogP contribution in [0.25, 0.3) is 6.08 Å². The summed E-state index contributed by atoms with van der Waals surface area (Å²) in [4.78, 5) is 39.5. The lowest BCUT2D eigenvalue weighted by atomic mass is 10.1. The highest BCUT2D eigenvalue weighted by molar-refractivity contribution is 9.10. The van der Waals surface area contributed by atoms with Gasteiger partial charge in [0.1, 0.15) is 4.88 Å². The van der Waals surface area contributed by atoms with E-state index in [2.05, 4.69) is 15.9 Å². The molecule has 162 valence electrons. The number of imide groups is 1. The van der Waals surface area contributed by atoms with E-state index >= 15 is 0 Å². The second-order valence-corrected chi connectivity index (χ2v) is 9.43. The number of benzene rings is 2. The van der Waals surface area contributed by atoms with Crippen molar-refractivity contribution in [2.24, 2.45) is 0 Å². The van der Waals surface area contributed by atoms with Gasteiger partial charge in [0, 0.05) is 4.47 Å². The van der Waals surface area contributed by atoms with Gasteiger partial charge >= 0.3 is 5.97 Å². The number of thiophene rings is 1. The van der Waals surface area contributed by atoms with E-state index in [0.717, 1.165) is 21.8 Å². The lowest BCUT2D eigenvalue weighted by Gasteiger charge is -2.13. The predicted molar refractivity (Wildman–Crippen MR) is 128 cm³/mol. The van der Waals surface area contributed by atoms with Crippen molar-refractivity contribution in [3.05, 3.63) is 85.4 Å². The molecule has 0 unspecified atom stereocenters. The molecule has 4 rings (SSSR count). The minimum absolute atomic E-state index is 0.185. The molecule has 6 nitrogen and oxygen atoms in total. The van der Waals surface area contributed by atoms with Gasteiger partial charge in [0.15, 0.2) is 11.5 Å². The molecule has 0 aliphatic carbocycles. The maximum atomic E-state index is 12.8. The first-order chi connectivity index (χ1) is 15.5. The number of carbonyl (C=O) groups is 3. The van der Waals surface area contributed by atoms with Gasteiger partial charge in [0.25, 0.3) is 11.1 Å². The fourth-order valence-corrected chi connectivity index (χ4v) is 4.84. The van der Waals surface area contributed by atoms with E-state index in [1.807, 2.05) is 24.3 Å². The smallest absolute Gasteiger partial charge is 0.353 e. The van der Waals surface area contributed by atoms with Crippen LogP contribution in [-0.4, -0.2) is 29.1 Å². The molecule has 0 spiro atoms. The van der Waals surface area contributed by atoms with Crippen LogP contribution >= 0.6 is 39.0 Å². The van der Waals surface area contributed by atoms with Crippen LogP contribution in [-0.2, 0) is 11.3 Å². The Morgan fingerprint density at radius 3 is 2.62 bits per heavy atom. The fourth-order valence-electron chi connectivity index (χ4n) is 2.99. The highest BCUT2D eigenvalue weighted by Crippen LogP contribution is 2.36. The lowest BCUT2D eigenvalue weighted by molar-refractivity contribution is -0.123. The molecular formula is C23H16BrNO5S2. The molecule has 9 heteroatoms. The molecular weight excluding hydrogens is 514 g/mol. The minimum Gasteiger partial charge on any atom is -0.493 e. The molecule has 1 aromatic heterocycles. The highest BCUT2D eigenvalue weighted by atomic mass is 79.9. The van der Waals surface area contributed by atoms with Crippen molar-refractivity contribution < 1.29 is 23.9 Å². The molecule has 2 aromatic carbocycles. The fraction of sp³-hybridized carbons (Fsp3) is 0.0870. The average Bonchev–Trinajstić information content (AvgIpc) is 3.41. The van der Waals surface area contributed by atoms with Crippen molar-refractivity contribution >= 4 is 62.2 Å². The molecule has 0 bridgehead atoms. The number of amides is 2. The third kappa shape index (κ3) is 4.79. The SMILES string of the molecule is COc1cc(/C=C2\SC(=O)N(Cc3ccccc3Br)C2=O)ccc1OC(=O)c1cccs1. The first-order valence-corrected chi connectivity index (χ1v) is 11.9. The number of carbonyl (C=O) groups excluding carboxylic acids is 3. The summed E-state index contributed by atoms with van der Waals surface area (Å²) in [5.74, 6) is -0.219. The second kappa shape index (κ2) is 9.72. The Labute approximate surface area is 201 Å². The molecule has 1 aliphatic heterocycles. The van der Waals surface area contributed by atoms with Crippen LogP contribution in [0.5, 0.6) is 11.5 Å². The van der Waals surface area contributed by atoms with Crippen LogP contribution in [0.15, 0.2) is 69.4 Å². The highest BCUT2D eigenvalue weighted by Gasteiger charge is 2.35. The van der Waals surface area contributed by atoms with Crippen molar-refractivity contribution in [1.82, 2.24) is 4.90 Å². The van der Waals surface area contributed by atoms with Gasteiger partial charge in [0.2, 0.25) is 0 Å². The Morgan fingerprint density at radius 1 is 1.09 bits per heavy atom. The van der Waals surface area contributed by atoms with Crippen molar-refractivity contribution in [3.8, 4) is 11.5 Å². The number of esters is 1. The summed E-state index contributed by atoms with van der Waals surface area (Å²) in [5, 5.41) is 1.46. The molecule has 0 atom stereocenters. The molecule has 0 saturated carbocycles. The lowest BCUT2D eigenvalue weighted by Crippen LogP contribution is -2.27. The largest absolute Gasteiger partial charge is 0.493 e. The number of methoxy groups -OCH3 is 1. The van der Waals surface area contributed by atoms with Gasteiger partial charge < -0.3 is 9.47 Å². The van der Waals surface area contributed by atoms with Crippen LogP contribution in [0.4, 0.5) is 4.79 Å². The first-order valence-electron chi connectivity index (χ1n) is 9.39. The monoisotopic (exact) mass is 529 g/mol. The average molecular weight is 530 g/mol. The van der Waals surface area contributed by atoms with Crippen LogP contribution in [0.2, 0.25) is 0 Å². The molecule has 0 N–H and O–H groups in total. The normalized spacial score (nSPS) is 14.8. The third-order valence-electron chi connectivity index (χ3n) is 4.57. The summed E-state index contributed by atoms with van der Waals surface area (Å²) < 4.78 is 11.6. The summed E-state index contributed by atoms with van der Waals surface area (Å²) in [6, 6.07) is 15.8. The zero-order chi connectivity index (χ0) is 22.7. The summed E-state index contributed by atoms with van der Waals surface area (Å²) >= 11 is 5.62. The molecule has 32 heavy (non-hydrogen) atoms. The van der Waals surface area contributed by atoms with Crippen LogP contribution < -0.4 is 9.47 Å². The Kier molecular flexibility index (Phi) is 6.78. The Balaban J connectivity index is 1.53. The van der Waals surface area contributed by atoms with E-state index in [1.165, 1.54) is 23.3 Å². The number of halogens is 1. The van der Waals surface area contributed by atoms with Crippen LogP contribution in [0.3, 0.4) is 0 Å². The summed E-state index contributed by atoms with van der Waals surface area (Å²) in [5.41, 5.74) is 1.48. The Hall–Kier alpha value is -2.88. The predicted octanol–water partition coefficient (Wildman–Crippen LogP) is 5.97. The maximum Gasteiger partial charge on any atom is 0.353 e. The first kappa shape index (κ1) is 22.3. The third-order valence-corrected chi connectivity index (χ3v) is 7.10. The molecule has 1 saturated heterocycles. The van der Waals surface area contributed by atoms with Crippen molar-refractivity contribution in [2.45, 2.75) is 6.54 Å². The molecule has 0 radical (unpaired) electrons.